The minimum Gasteiger partial charge on any atom is -0.323 e. The summed E-state index contributed by atoms with van der Waals surface area (Å²) in [5, 5.41) is 0.866. The Bertz CT molecular complexity index is 383. The van der Waals surface area contributed by atoms with Crippen LogP contribution in [0.2, 0.25) is 0 Å². The molecule has 1 aliphatic carbocycles. The van der Waals surface area contributed by atoms with E-state index in [0.29, 0.717) is 5.92 Å². The Morgan fingerprint density at radius 2 is 2.00 bits per heavy atom. The first-order chi connectivity index (χ1) is 9.15. The minimum atomic E-state index is 0.192. The number of nitrogens with two attached hydrogens (primary N) is 1. The van der Waals surface area contributed by atoms with Gasteiger partial charge in [-0.1, -0.05) is 51.0 Å². The summed E-state index contributed by atoms with van der Waals surface area (Å²) in [5.41, 5.74) is 9.09. The molecule has 1 saturated carbocycles. The summed E-state index contributed by atoms with van der Waals surface area (Å²) in [6.07, 6.45) is 6.76. The van der Waals surface area contributed by atoms with Crippen LogP contribution in [0.3, 0.4) is 0 Å². The van der Waals surface area contributed by atoms with Crippen LogP contribution in [0, 0.1) is 5.92 Å². The Labute approximate surface area is 122 Å². The van der Waals surface area contributed by atoms with Crippen molar-refractivity contribution < 1.29 is 0 Å². The largest absolute Gasteiger partial charge is 0.323 e. The third-order valence-corrected chi connectivity index (χ3v) is 5.33. The van der Waals surface area contributed by atoms with Gasteiger partial charge in [0.25, 0.3) is 0 Å². The lowest BCUT2D eigenvalue weighted by molar-refractivity contribution is 0.646. The molecule has 0 aromatic heterocycles. The molecule has 0 bridgehead atoms. The molecule has 19 heavy (non-hydrogen) atoms. The molecular formula is C17H27NS. The summed E-state index contributed by atoms with van der Waals surface area (Å²) < 4.78 is 0. The van der Waals surface area contributed by atoms with Gasteiger partial charge in [0.2, 0.25) is 0 Å². The van der Waals surface area contributed by atoms with Crippen molar-refractivity contribution in [1.82, 2.24) is 0 Å². The van der Waals surface area contributed by atoms with Crippen LogP contribution in [-0.4, -0.2) is 11.0 Å². The monoisotopic (exact) mass is 277 g/mol. The van der Waals surface area contributed by atoms with Gasteiger partial charge in [-0.25, -0.2) is 0 Å². The Balaban J connectivity index is 1.88. The number of benzene rings is 1. The zero-order valence-electron chi connectivity index (χ0n) is 12.3. The zero-order valence-corrected chi connectivity index (χ0v) is 13.1. The molecule has 1 fully saturated rings. The van der Waals surface area contributed by atoms with Gasteiger partial charge in [0.1, 0.15) is 0 Å². The normalized spacial score (nSPS) is 18.1. The van der Waals surface area contributed by atoms with Crippen LogP contribution in [0.1, 0.15) is 56.7 Å². The first kappa shape index (κ1) is 14.9. The highest BCUT2D eigenvalue weighted by Gasteiger charge is 2.17. The molecule has 106 valence electrons. The first-order valence-electron chi connectivity index (χ1n) is 7.61. The van der Waals surface area contributed by atoms with E-state index >= 15 is 0 Å². The Kier molecular flexibility index (Phi) is 5.77. The van der Waals surface area contributed by atoms with Gasteiger partial charge < -0.3 is 5.73 Å². The highest BCUT2D eigenvalue weighted by molar-refractivity contribution is 7.99. The maximum absolute atomic E-state index is 6.35. The van der Waals surface area contributed by atoms with Gasteiger partial charge in [-0.2, -0.15) is 11.8 Å². The van der Waals surface area contributed by atoms with Gasteiger partial charge in [0.05, 0.1) is 0 Å². The molecular weight excluding hydrogens is 250 g/mol. The molecule has 2 N–H and O–H groups in total. The maximum Gasteiger partial charge on any atom is 0.0386 e. The van der Waals surface area contributed by atoms with Crippen molar-refractivity contribution in [2.45, 2.75) is 57.2 Å². The van der Waals surface area contributed by atoms with E-state index in [1.54, 1.807) is 0 Å². The molecule has 0 heterocycles. The SMILES string of the molecule is CC(C)Cc1cccc(C(N)CSC2CCCC2)c1. The van der Waals surface area contributed by atoms with E-state index < -0.39 is 0 Å². The van der Waals surface area contributed by atoms with Crippen molar-refractivity contribution in [2.24, 2.45) is 11.7 Å². The van der Waals surface area contributed by atoms with Crippen molar-refractivity contribution in [3.05, 3.63) is 35.4 Å². The molecule has 1 nitrogen and oxygen atoms in total. The van der Waals surface area contributed by atoms with Crippen LogP contribution in [0.5, 0.6) is 0 Å². The molecule has 1 aromatic rings. The van der Waals surface area contributed by atoms with Gasteiger partial charge in [-0.3, -0.25) is 0 Å². The van der Waals surface area contributed by atoms with E-state index in [0.717, 1.165) is 17.4 Å². The summed E-state index contributed by atoms with van der Waals surface area (Å²) in [5.74, 6) is 1.77. The van der Waals surface area contributed by atoms with E-state index in [-0.39, 0.29) is 6.04 Å². The van der Waals surface area contributed by atoms with E-state index in [4.69, 9.17) is 5.73 Å². The standard InChI is InChI=1S/C17H27NS/c1-13(2)10-14-6-5-7-15(11-14)17(18)12-19-16-8-3-4-9-16/h5-7,11,13,16-17H,3-4,8-10,12,18H2,1-2H3. The third-order valence-electron chi connectivity index (χ3n) is 3.84. The van der Waals surface area contributed by atoms with E-state index in [1.165, 1.54) is 36.8 Å². The maximum atomic E-state index is 6.35. The van der Waals surface area contributed by atoms with Crippen molar-refractivity contribution >= 4 is 11.8 Å². The molecule has 0 spiro atoms. The van der Waals surface area contributed by atoms with Crippen LogP contribution in [0.4, 0.5) is 0 Å². The smallest absolute Gasteiger partial charge is 0.0386 e. The molecule has 1 aromatic carbocycles. The minimum absolute atomic E-state index is 0.192. The average Bonchev–Trinajstić information content (AvgIpc) is 2.88. The lowest BCUT2D eigenvalue weighted by Gasteiger charge is -2.16. The zero-order chi connectivity index (χ0) is 13.7. The molecule has 1 aliphatic rings. The fourth-order valence-corrected chi connectivity index (χ4v) is 4.15. The first-order valence-corrected chi connectivity index (χ1v) is 8.66. The molecule has 2 heteroatoms. The number of hydrogen-bond acceptors (Lipinski definition) is 2. The van der Waals surface area contributed by atoms with E-state index in [1.807, 2.05) is 0 Å². The van der Waals surface area contributed by atoms with Gasteiger partial charge in [-0.05, 0) is 36.3 Å². The van der Waals surface area contributed by atoms with Crippen LogP contribution < -0.4 is 5.73 Å². The van der Waals surface area contributed by atoms with Crippen molar-refractivity contribution in [3.8, 4) is 0 Å². The van der Waals surface area contributed by atoms with Crippen LogP contribution in [0.25, 0.3) is 0 Å². The van der Waals surface area contributed by atoms with Crippen LogP contribution >= 0.6 is 11.8 Å². The van der Waals surface area contributed by atoms with Gasteiger partial charge >= 0.3 is 0 Å². The molecule has 1 atom stereocenters. The number of thioether (sulfide) groups is 1. The molecule has 0 aliphatic heterocycles. The summed E-state index contributed by atoms with van der Waals surface area (Å²) >= 11 is 2.08. The van der Waals surface area contributed by atoms with Gasteiger partial charge in [0.15, 0.2) is 0 Å². The van der Waals surface area contributed by atoms with E-state index in [9.17, 15) is 0 Å². The van der Waals surface area contributed by atoms with Crippen LogP contribution in [-0.2, 0) is 6.42 Å². The Morgan fingerprint density at radius 1 is 1.26 bits per heavy atom. The van der Waals surface area contributed by atoms with Crippen molar-refractivity contribution in [2.75, 3.05) is 5.75 Å². The Morgan fingerprint density at radius 3 is 2.68 bits per heavy atom. The molecule has 0 saturated heterocycles. The fraction of sp³-hybridized carbons (Fsp3) is 0.647. The summed E-state index contributed by atoms with van der Waals surface area (Å²) in [7, 11) is 0. The molecule has 1 unspecified atom stereocenters. The predicted octanol–water partition coefficient (Wildman–Crippen LogP) is 4.56. The molecule has 0 radical (unpaired) electrons. The molecule has 0 amide bonds. The quantitative estimate of drug-likeness (QED) is 0.825. The van der Waals surface area contributed by atoms with Crippen molar-refractivity contribution in [1.29, 1.82) is 0 Å². The number of rotatable bonds is 6. The summed E-state index contributed by atoms with van der Waals surface area (Å²) in [6, 6.07) is 9.06. The number of hydrogen-bond donors (Lipinski definition) is 1. The lowest BCUT2D eigenvalue weighted by Crippen LogP contribution is -2.15. The van der Waals surface area contributed by atoms with Crippen LogP contribution in [0.15, 0.2) is 24.3 Å². The topological polar surface area (TPSA) is 26.0 Å². The van der Waals surface area contributed by atoms with Gasteiger partial charge in [-0.15, -0.1) is 0 Å². The Hall–Kier alpha value is -0.470. The third kappa shape index (κ3) is 4.85. The van der Waals surface area contributed by atoms with Crippen molar-refractivity contribution in [3.63, 3.8) is 0 Å². The predicted molar refractivity (Wildman–Crippen MR) is 86.6 cm³/mol. The second kappa shape index (κ2) is 7.35. The molecule has 2 rings (SSSR count). The summed E-state index contributed by atoms with van der Waals surface area (Å²) in [4.78, 5) is 0. The second-order valence-electron chi connectivity index (χ2n) is 6.19. The van der Waals surface area contributed by atoms with Gasteiger partial charge in [0, 0.05) is 17.0 Å². The highest BCUT2D eigenvalue weighted by Crippen LogP contribution is 2.31. The highest BCUT2D eigenvalue weighted by atomic mass is 32.2. The average molecular weight is 277 g/mol. The second-order valence-corrected chi connectivity index (χ2v) is 7.52. The fourth-order valence-electron chi connectivity index (χ4n) is 2.81. The lowest BCUT2D eigenvalue weighted by atomic mass is 9.99. The van der Waals surface area contributed by atoms with E-state index in [2.05, 4.69) is 49.9 Å². The summed E-state index contributed by atoms with van der Waals surface area (Å²) in [6.45, 7) is 4.53.